The van der Waals surface area contributed by atoms with Gasteiger partial charge < -0.3 is 11.1 Å². The molecule has 0 radical (unpaired) electrons. The summed E-state index contributed by atoms with van der Waals surface area (Å²) < 4.78 is 19.6. The van der Waals surface area contributed by atoms with E-state index in [0.29, 0.717) is 11.4 Å². The molecule has 0 aliphatic carbocycles. The number of urea groups is 1. The molecule has 2 rings (SSSR count). The normalized spacial score (nSPS) is 14.2. The van der Waals surface area contributed by atoms with Gasteiger partial charge in [0, 0.05) is 11.9 Å². The average molecular weight is 443 g/mol. The Kier molecular flexibility index (Phi) is 7.99. The van der Waals surface area contributed by atoms with E-state index >= 15 is 0 Å². The third kappa shape index (κ3) is 6.59. The number of thiophene rings is 1. The van der Waals surface area contributed by atoms with Crippen LogP contribution in [-0.2, 0) is 21.3 Å². The number of rotatable bonds is 7. The van der Waals surface area contributed by atoms with Gasteiger partial charge in [0.05, 0.1) is 11.1 Å². The zero-order valence-corrected chi connectivity index (χ0v) is 17.9. The van der Waals surface area contributed by atoms with Crippen molar-refractivity contribution in [3.63, 3.8) is 0 Å². The molecular formula is C18H23ClN4O3S2. The molecule has 0 saturated carbocycles. The molecular weight excluding hydrogens is 420 g/mol. The molecule has 0 fully saturated rings. The molecule has 2 unspecified atom stereocenters. The van der Waals surface area contributed by atoms with Gasteiger partial charge in [0.25, 0.3) is 5.91 Å². The van der Waals surface area contributed by atoms with Crippen molar-refractivity contribution in [2.45, 2.75) is 37.1 Å². The molecule has 152 valence electrons. The molecule has 0 bridgehead atoms. The highest BCUT2D eigenvalue weighted by molar-refractivity contribution is 7.94. The van der Waals surface area contributed by atoms with Gasteiger partial charge in [0.2, 0.25) is 0 Å². The van der Waals surface area contributed by atoms with Gasteiger partial charge in [-0.2, -0.15) is 0 Å². The van der Waals surface area contributed by atoms with Crippen LogP contribution in [0.15, 0.2) is 50.4 Å². The number of amides is 3. The Balaban J connectivity index is 2.21. The van der Waals surface area contributed by atoms with Crippen molar-refractivity contribution in [3.05, 3.63) is 52.4 Å². The lowest BCUT2D eigenvalue weighted by Gasteiger charge is -2.14. The number of halogens is 1. The van der Waals surface area contributed by atoms with E-state index in [-0.39, 0.29) is 16.7 Å². The van der Waals surface area contributed by atoms with Crippen molar-refractivity contribution in [2.75, 3.05) is 0 Å². The number of nitrogens with one attached hydrogen (secondary N) is 2. The summed E-state index contributed by atoms with van der Waals surface area (Å²) in [7, 11) is -3.56. The van der Waals surface area contributed by atoms with Gasteiger partial charge in [0.15, 0.2) is 9.92 Å². The summed E-state index contributed by atoms with van der Waals surface area (Å²) in [6.07, 6.45) is 0.392. The molecule has 0 aliphatic heterocycles. The molecule has 0 aliphatic rings. The first-order valence-electron chi connectivity index (χ1n) is 8.60. The minimum Gasteiger partial charge on any atom is -0.333 e. The number of nitrogens with zero attached hydrogens (tertiary/aromatic N) is 1. The fourth-order valence-electron chi connectivity index (χ4n) is 2.30. The summed E-state index contributed by atoms with van der Waals surface area (Å²) >= 11 is 6.96. The SMILES string of the molecule is CC(C)CC(N)C(=O)N=S(=O)(NC(=O)NCc1ccccc1)c1cc(Cl)cs1. The topological polar surface area (TPSA) is 114 Å². The summed E-state index contributed by atoms with van der Waals surface area (Å²) in [5.41, 5.74) is 6.72. The Labute approximate surface area is 174 Å². The molecule has 10 heteroatoms. The first-order valence-corrected chi connectivity index (χ1v) is 11.4. The van der Waals surface area contributed by atoms with Crippen LogP contribution >= 0.6 is 22.9 Å². The third-order valence-electron chi connectivity index (χ3n) is 3.60. The van der Waals surface area contributed by atoms with Gasteiger partial charge in [-0.3, -0.25) is 4.79 Å². The van der Waals surface area contributed by atoms with Gasteiger partial charge in [-0.1, -0.05) is 55.8 Å². The fraction of sp³-hybridized carbons (Fsp3) is 0.333. The number of hydrogen-bond donors (Lipinski definition) is 3. The van der Waals surface area contributed by atoms with Crippen molar-refractivity contribution < 1.29 is 13.8 Å². The molecule has 2 atom stereocenters. The molecule has 1 aromatic carbocycles. The summed E-state index contributed by atoms with van der Waals surface area (Å²) in [5, 5.41) is 4.50. The molecule has 0 saturated heterocycles. The van der Waals surface area contributed by atoms with E-state index in [0.717, 1.165) is 16.9 Å². The second-order valence-corrected chi connectivity index (χ2v) is 10.0. The highest BCUT2D eigenvalue weighted by atomic mass is 35.5. The quantitative estimate of drug-likeness (QED) is 0.608. The molecule has 7 nitrogen and oxygen atoms in total. The van der Waals surface area contributed by atoms with Crippen molar-refractivity contribution in [3.8, 4) is 0 Å². The Bertz CT molecular complexity index is 937. The van der Waals surface area contributed by atoms with Crippen molar-refractivity contribution >= 4 is 44.8 Å². The highest BCUT2D eigenvalue weighted by Crippen LogP contribution is 2.25. The summed E-state index contributed by atoms with van der Waals surface area (Å²) in [6.45, 7) is 4.06. The number of carbonyl (C=O) groups excluding carboxylic acids is 2. The summed E-state index contributed by atoms with van der Waals surface area (Å²) in [4.78, 5) is 24.7. The van der Waals surface area contributed by atoms with Gasteiger partial charge in [0.1, 0.15) is 4.21 Å². The number of hydrogen-bond acceptors (Lipinski definition) is 5. The summed E-state index contributed by atoms with van der Waals surface area (Å²) in [6, 6.07) is 9.03. The lowest BCUT2D eigenvalue weighted by atomic mass is 10.0. The van der Waals surface area contributed by atoms with Crippen molar-refractivity contribution in [2.24, 2.45) is 16.0 Å². The van der Waals surface area contributed by atoms with E-state index in [9.17, 15) is 13.8 Å². The van der Waals surface area contributed by atoms with E-state index in [4.69, 9.17) is 17.3 Å². The van der Waals surface area contributed by atoms with Crippen LogP contribution in [0.3, 0.4) is 0 Å². The lowest BCUT2D eigenvalue weighted by molar-refractivity contribution is -0.119. The van der Waals surface area contributed by atoms with E-state index in [1.54, 1.807) is 5.38 Å². The maximum absolute atomic E-state index is 13.4. The number of nitrogens with two attached hydrogens (primary N) is 1. The van der Waals surface area contributed by atoms with Crippen LogP contribution in [0.5, 0.6) is 0 Å². The van der Waals surface area contributed by atoms with Crippen LogP contribution in [0, 0.1) is 5.92 Å². The van der Waals surface area contributed by atoms with Gasteiger partial charge >= 0.3 is 6.03 Å². The van der Waals surface area contributed by atoms with Crippen LogP contribution in [-0.4, -0.2) is 22.2 Å². The lowest BCUT2D eigenvalue weighted by Crippen LogP contribution is -2.40. The third-order valence-corrected chi connectivity index (χ3v) is 7.20. The second-order valence-electron chi connectivity index (χ2n) is 6.55. The van der Waals surface area contributed by atoms with Gasteiger partial charge in [-0.15, -0.1) is 15.7 Å². The molecule has 1 heterocycles. The first-order chi connectivity index (χ1) is 13.2. The minimum atomic E-state index is -3.56. The van der Waals surface area contributed by atoms with Crippen LogP contribution in [0.25, 0.3) is 0 Å². The first kappa shape index (κ1) is 22.4. The largest absolute Gasteiger partial charge is 0.333 e. The molecule has 0 spiro atoms. The second kappa shape index (κ2) is 10.0. The highest BCUT2D eigenvalue weighted by Gasteiger charge is 2.23. The molecule has 2 aromatic rings. The van der Waals surface area contributed by atoms with Crippen LogP contribution in [0.1, 0.15) is 25.8 Å². The molecule has 28 heavy (non-hydrogen) atoms. The smallest absolute Gasteiger partial charge is 0.327 e. The average Bonchev–Trinajstić information content (AvgIpc) is 3.07. The zero-order valence-electron chi connectivity index (χ0n) is 15.6. The van der Waals surface area contributed by atoms with Gasteiger partial charge in [-0.25, -0.2) is 13.7 Å². The summed E-state index contributed by atoms with van der Waals surface area (Å²) in [5.74, 6) is -0.560. The van der Waals surface area contributed by atoms with E-state index in [1.807, 2.05) is 44.2 Å². The van der Waals surface area contributed by atoms with Crippen LogP contribution in [0.4, 0.5) is 4.79 Å². The van der Waals surface area contributed by atoms with Crippen LogP contribution in [0.2, 0.25) is 5.02 Å². The van der Waals surface area contributed by atoms with E-state index in [2.05, 4.69) is 14.4 Å². The number of benzene rings is 1. The predicted octanol–water partition coefficient (Wildman–Crippen LogP) is 3.54. The molecule has 1 aromatic heterocycles. The Morgan fingerprint density at radius 2 is 1.96 bits per heavy atom. The Morgan fingerprint density at radius 3 is 2.54 bits per heavy atom. The predicted molar refractivity (Wildman–Crippen MR) is 112 cm³/mol. The monoisotopic (exact) mass is 442 g/mol. The van der Waals surface area contributed by atoms with Crippen LogP contribution < -0.4 is 15.8 Å². The van der Waals surface area contributed by atoms with E-state index in [1.165, 1.54) is 6.07 Å². The fourth-order valence-corrected chi connectivity index (χ4v) is 5.30. The molecule has 3 amide bonds. The van der Waals surface area contributed by atoms with Crippen molar-refractivity contribution in [1.29, 1.82) is 0 Å². The van der Waals surface area contributed by atoms with E-state index < -0.39 is 27.9 Å². The number of carbonyl (C=O) groups is 2. The Morgan fingerprint density at radius 1 is 1.29 bits per heavy atom. The molecule has 4 N–H and O–H groups in total. The van der Waals surface area contributed by atoms with Gasteiger partial charge in [-0.05, 0) is 24.0 Å². The van der Waals surface area contributed by atoms with Crippen molar-refractivity contribution in [1.82, 2.24) is 10.0 Å². The Hall–Kier alpha value is -1.94. The maximum Gasteiger partial charge on any atom is 0.327 e. The maximum atomic E-state index is 13.4. The minimum absolute atomic E-state index is 0.170. The zero-order chi connectivity index (χ0) is 20.7. The standard InChI is InChI=1S/C18H23ClN4O3S2/c1-12(2)8-15(20)17(24)22-28(26,16-9-14(19)11-27-16)23-18(25)21-10-13-6-4-3-5-7-13/h3-7,9,11-12,15H,8,10,20H2,1-2H3,(H2,21,22,23,24,25,26).